The number of amides is 2. The number of benzene rings is 1. The minimum Gasteiger partial charge on any atom is -0.349 e. The second-order valence-electron chi connectivity index (χ2n) is 6.49. The SMILES string of the molecule is CC(=O)N[C@@H](CC(=O)N1CCC[C@H](n2cccn2)C1)c1ccccc1. The Hall–Kier alpha value is -2.63. The van der Waals surface area contributed by atoms with Crippen LogP contribution in [0.15, 0.2) is 48.8 Å². The second kappa shape index (κ2) is 7.96. The number of nitrogens with one attached hydrogen (secondary N) is 1. The minimum atomic E-state index is -0.295. The molecule has 1 aliphatic heterocycles. The molecule has 2 aromatic rings. The topological polar surface area (TPSA) is 67.2 Å². The quantitative estimate of drug-likeness (QED) is 0.908. The average molecular weight is 340 g/mol. The lowest BCUT2D eigenvalue weighted by Crippen LogP contribution is -2.42. The van der Waals surface area contributed by atoms with Gasteiger partial charge in [0.05, 0.1) is 18.5 Å². The molecule has 1 saturated heterocycles. The summed E-state index contributed by atoms with van der Waals surface area (Å²) in [5, 5.41) is 7.20. The number of carbonyl (C=O) groups excluding carboxylic acids is 2. The van der Waals surface area contributed by atoms with E-state index in [4.69, 9.17) is 0 Å². The molecule has 0 unspecified atom stereocenters. The average Bonchev–Trinajstić information content (AvgIpc) is 3.16. The number of piperidine rings is 1. The molecule has 2 atom stereocenters. The van der Waals surface area contributed by atoms with E-state index in [0.717, 1.165) is 24.9 Å². The Morgan fingerprint density at radius 1 is 1.28 bits per heavy atom. The molecule has 0 aliphatic carbocycles. The summed E-state index contributed by atoms with van der Waals surface area (Å²) >= 11 is 0. The van der Waals surface area contributed by atoms with Gasteiger partial charge in [-0.05, 0) is 24.5 Å². The van der Waals surface area contributed by atoms with Crippen LogP contribution < -0.4 is 5.32 Å². The van der Waals surface area contributed by atoms with Gasteiger partial charge in [-0.2, -0.15) is 5.10 Å². The number of carbonyl (C=O) groups is 2. The normalized spacial score (nSPS) is 18.6. The zero-order chi connectivity index (χ0) is 17.6. The van der Waals surface area contributed by atoms with Crippen LogP contribution >= 0.6 is 0 Å². The van der Waals surface area contributed by atoms with Gasteiger partial charge < -0.3 is 10.2 Å². The van der Waals surface area contributed by atoms with Crippen molar-refractivity contribution in [2.75, 3.05) is 13.1 Å². The number of hydrogen-bond acceptors (Lipinski definition) is 3. The van der Waals surface area contributed by atoms with E-state index < -0.39 is 0 Å². The Bertz CT molecular complexity index is 699. The molecule has 2 amide bonds. The highest BCUT2D eigenvalue weighted by atomic mass is 16.2. The van der Waals surface area contributed by atoms with Crippen LogP contribution in [0.1, 0.15) is 43.8 Å². The fraction of sp³-hybridized carbons (Fsp3) is 0.421. The highest BCUT2D eigenvalue weighted by Gasteiger charge is 2.27. The van der Waals surface area contributed by atoms with E-state index in [2.05, 4.69) is 10.4 Å². The lowest BCUT2D eigenvalue weighted by Gasteiger charge is -2.34. The maximum Gasteiger partial charge on any atom is 0.225 e. The van der Waals surface area contributed by atoms with Gasteiger partial charge in [-0.3, -0.25) is 14.3 Å². The molecule has 1 N–H and O–H groups in total. The largest absolute Gasteiger partial charge is 0.349 e. The summed E-state index contributed by atoms with van der Waals surface area (Å²) in [6, 6.07) is 11.5. The zero-order valence-electron chi connectivity index (χ0n) is 14.5. The van der Waals surface area contributed by atoms with Gasteiger partial charge in [0.1, 0.15) is 0 Å². The molecule has 132 valence electrons. The van der Waals surface area contributed by atoms with Crippen molar-refractivity contribution in [3.63, 3.8) is 0 Å². The lowest BCUT2D eigenvalue weighted by molar-refractivity contribution is -0.133. The molecule has 0 bridgehead atoms. The van der Waals surface area contributed by atoms with Gasteiger partial charge in [-0.15, -0.1) is 0 Å². The monoisotopic (exact) mass is 340 g/mol. The van der Waals surface area contributed by atoms with Gasteiger partial charge in [0.15, 0.2) is 0 Å². The van der Waals surface area contributed by atoms with Crippen molar-refractivity contribution in [3.05, 3.63) is 54.4 Å². The Morgan fingerprint density at radius 3 is 2.76 bits per heavy atom. The summed E-state index contributed by atoms with van der Waals surface area (Å²) < 4.78 is 1.93. The van der Waals surface area contributed by atoms with Gasteiger partial charge in [-0.1, -0.05) is 30.3 Å². The molecule has 6 nitrogen and oxygen atoms in total. The van der Waals surface area contributed by atoms with Crippen LogP contribution in [0.25, 0.3) is 0 Å². The van der Waals surface area contributed by atoms with Gasteiger partial charge in [0.25, 0.3) is 0 Å². The molecule has 1 aromatic heterocycles. The second-order valence-corrected chi connectivity index (χ2v) is 6.49. The number of aromatic nitrogens is 2. The van der Waals surface area contributed by atoms with Crippen LogP contribution in [0.2, 0.25) is 0 Å². The van der Waals surface area contributed by atoms with Crippen molar-refractivity contribution < 1.29 is 9.59 Å². The first-order valence-corrected chi connectivity index (χ1v) is 8.72. The van der Waals surface area contributed by atoms with Crippen LogP contribution in [-0.2, 0) is 9.59 Å². The highest BCUT2D eigenvalue weighted by molar-refractivity contribution is 5.79. The molecular weight excluding hydrogens is 316 g/mol. The Balaban J connectivity index is 1.67. The molecule has 3 rings (SSSR count). The summed E-state index contributed by atoms with van der Waals surface area (Å²) in [5.41, 5.74) is 0.951. The summed E-state index contributed by atoms with van der Waals surface area (Å²) in [7, 11) is 0. The summed E-state index contributed by atoms with van der Waals surface area (Å²) in [4.78, 5) is 26.3. The Morgan fingerprint density at radius 2 is 2.08 bits per heavy atom. The molecular formula is C19H24N4O2. The molecule has 0 saturated carbocycles. The molecule has 1 aliphatic rings. The van der Waals surface area contributed by atoms with Crippen molar-refractivity contribution in [1.82, 2.24) is 20.0 Å². The van der Waals surface area contributed by atoms with Crippen LogP contribution in [-0.4, -0.2) is 39.6 Å². The molecule has 0 radical (unpaired) electrons. The maximum atomic E-state index is 12.8. The van der Waals surface area contributed by atoms with E-state index in [1.807, 2.05) is 52.2 Å². The fourth-order valence-corrected chi connectivity index (χ4v) is 3.38. The first kappa shape index (κ1) is 17.2. The predicted molar refractivity (Wildman–Crippen MR) is 94.7 cm³/mol. The third-order valence-electron chi connectivity index (χ3n) is 4.61. The van der Waals surface area contributed by atoms with Gasteiger partial charge in [0.2, 0.25) is 11.8 Å². The van der Waals surface area contributed by atoms with E-state index in [1.54, 1.807) is 6.20 Å². The lowest BCUT2D eigenvalue weighted by atomic mass is 10.0. The van der Waals surface area contributed by atoms with Crippen LogP contribution in [0.4, 0.5) is 0 Å². The van der Waals surface area contributed by atoms with Crippen molar-refractivity contribution in [3.8, 4) is 0 Å². The first-order chi connectivity index (χ1) is 12.1. The Labute approximate surface area is 147 Å². The number of rotatable bonds is 5. The maximum absolute atomic E-state index is 12.8. The third-order valence-corrected chi connectivity index (χ3v) is 4.61. The van der Waals surface area contributed by atoms with Crippen molar-refractivity contribution in [2.24, 2.45) is 0 Å². The first-order valence-electron chi connectivity index (χ1n) is 8.72. The number of nitrogens with zero attached hydrogens (tertiary/aromatic N) is 3. The fourth-order valence-electron chi connectivity index (χ4n) is 3.38. The molecule has 0 spiro atoms. The van der Waals surface area contributed by atoms with Gasteiger partial charge >= 0.3 is 0 Å². The van der Waals surface area contributed by atoms with Crippen LogP contribution in [0, 0.1) is 0 Å². The summed E-state index contributed by atoms with van der Waals surface area (Å²) in [6.45, 7) is 2.91. The predicted octanol–water partition coefficient (Wildman–Crippen LogP) is 2.31. The van der Waals surface area contributed by atoms with E-state index in [1.165, 1.54) is 6.92 Å². The summed E-state index contributed by atoms with van der Waals surface area (Å²) in [5.74, 6) is -0.0609. The Kier molecular flexibility index (Phi) is 5.48. The van der Waals surface area contributed by atoms with Crippen LogP contribution in [0.3, 0.4) is 0 Å². The molecule has 6 heteroatoms. The van der Waals surface area contributed by atoms with Gasteiger partial charge in [-0.25, -0.2) is 0 Å². The van der Waals surface area contributed by atoms with E-state index in [9.17, 15) is 9.59 Å². The highest BCUT2D eigenvalue weighted by Crippen LogP contribution is 2.24. The van der Waals surface area contributed by atoms with Crippen molar-refractivity contribution in [2.45, 2.75) is 38.3 Å². The summed E-state index contributed by atoms with van der Waals surface area (Å²) in [6.07, 6.45) is 5.98. The molecule has 2 heterocycles. The van der Waals surface area contributed by atoms with E-state index in [-0.39, 0.29) is 30.3 Å². The van der Waals surface area contributed by atoms with Crippen molar-refractivity contribution in [1.29, 1.82) is 0 Å². The van der Waals surface area contributed by atoms with Gasteiger partial charge in [0, 0.05) is 32.4 Å². The van der Waals surface area contributed by atoms with E-state index >= 15 is 0 Å². The third kappa shape index (κ3) is 4.47. The number of hydrogen-bond donors (Lipinski definition) is 1. The van der Waals surface area contributed by atoms with E-state index in [0.29, 0.717) is 6.54 Å². The van der Waals surface area contributed by atoms with Crippen molar-refractivity contribution >= 4 is 11.8 Å². The van der Waals surface area contributed by atoms with Crippen LogP contribution in [0.5, 0.6) is 0 Å². The molecule has 1 aromatic carbocycles. The molecule has 1 fully saturated rings. The standard InChI is InChI=1S/C19H24N4O2/c1-15(24)21-18(16-7-3-2-4-8-16)13-19(25)22-11-5-9-17(14-22)23-12-6-10-20-23/h2-4,6-8,10,12,17-18H,5,9,11,13-14H2,1H3,(H,21,24)/t17-,18-/m0/s1. The minimum absolute atomic E-state index is 0.0689. The zero-order valence-corrected chi connectivity index (χ0v) is 14.5. The smallest absolute Gasteiger partial charge is 0.225 e. The molecule has 25 heavy (non-hydrogen) atoms. The number of likely N-dealkylation sites (tertiary alicyclic amines) is 1.